The fourth-order valence-electron chi connectivity index (χ4n) is 4.36. The van der Waals surface area contributed by atoms with E-state index in [1.54, 1.807) is 30.3 Å². The Morgan fingerprint density at radius 2 is 1.72 bits per heavy atom. The molecule has 5 heteroatoms. The molecule has 0 saturated heterocycles. The summed E-state index contributed by atoms with van der Waals surface area (Å²) in [6, 6.07) is 32.0. The zero-order chi connectivity index (χ0) is 24.9. The van der Waals surface area contributed by atoms with E-state index in [4.69, 9.17) is 4.74 Å². The number of nitrogens with one attached hydrogen (secondary N) is 1. The molecule has 1 amide bonds. The van der Waals surface area contributed by atoms with Gasteiger partial charge in [0.25, 0.3) is 5.91 Å². The van der Waals surface area contributed by atoms with Crippen molar-refractivity contribution in [3.63, 3.8) is 0 Å². The fourth-order valence-corrected chi connectivity index (χ4v) is 4.36. The molecule has 4 aromatic carbocycles. The van der Waals surface area contributed by atoms with Gasteiger partial charge in [0, 0.05) is 34.9 Å². The van der Waals surface area contributed by atoms with Gasteiger partial charge in [-0.25, -0.2) is 0 Å². The zero-order valence-electron chi connectivity index (χ0n) is 19.9. The molecule has 0 aliphatic rings. The van der Waals surface area contributed by atoms with E-state index in [9.17, 15) is 10.1 Å². The van der Waals surface area contributed by atoms with Crippen LogP contribution in [0, 0.1) is 11.3 Å². The third kappa shape index (κ3) is 4.84. The van der Waals surface area contributed by atoms with Crippen molar-refractivity contribution in [2.24, 2.45) is 0 Å². The Morgan fingerprint density at radius 3 is 2.50 bits per heavy atom. The van der Waals surface area contributed by atoms with Crippen LogP contribution in [0.1, 0.15) is 18.1 Å². The van der Waals surface area contributed by atoms with E-state index >= 15 is 0 Å². The Hall–Kier alpha value is -4.82. The first kappa shape index (κ1) is 22.9. The van der Waals surface area contributed by atoms with Crippen LogP contribution < -0.4 is 10.1 Å². The molecule has 0 saturated carbocycles. The molecule has 0 aliphatic carbocycles. The van der Waals surface area contributed by atoms with Crippen molar-refractivity contribution in [3.8, 4) is 11.8 Å². The normalized spacial score (nSPS) is 11.4. The van der Waals surface area contributed by atoms with Gasteiger partial charge in [-0.1, -0.05) is 54.6 Å². The number of hydrogen-bond acceptors (Lipinski definition) is 3. The summed E-state index contributed by atoms with van der Waals surface area (Å²) in [5, 5.41) is 16.0. The Labute approximate surface area is 209 Å². The molecule has 5 rings (SSSR count). The lowest BCUT2D eigenvalue weighted by Crippen LogP contribution is -2.13. The molecule has 0 aliphatic heterocycles. The van der Waals surface area contributed by atoms with Crippen LogP contribution in [-0.2, 0) is 11.3 Å². The van der Waals surface area contributed by atoms with E-state index in [1.807, 2.05) is 43.5 Å². The number of carbonyl (C=O) groups excluding carboxylic acids is 1. The Balaban J connectivity index is 1.43. The van der Waals surface area contributed by atoms with Crippen molar-refractivity contribution in [1.82, 2.24) is 4.57 Å². The van der Waals surface area contributed by atoms with Gasteiger partial charge in [0.15, 0.2) is 0 Å². The summed E-state index contributed by atoms with van der Waals surface area (Å²) >= 11 is 0. The molecule has 0 bridgehead atoms. The summed E-state index contributed by atoms with van der Waals surface area (Å²) in [6.45, 7) is 3.17. The summed E-state index contributed by atoms with van der Waals surface area (Å²) < 4.78 is 7.60. The third-order valence-corrected chi connectivity index (χ3v) is 6.07. The van der Waals surface area contributed by atoms with Crippen LogP contribution in [-0.4, -0.2) is 17.1 Å². The van der Waals surface area contributed by atoms with Gasteiger partial charge in [0.2, 0.25) is 0 Å². The van der Waals surface area contributed by atoms with E-state index < -0.39 is 5.91 Å². The second-order valence-electron chi connectivity index (χ2n) is 8.49. The van der Waals surface area contributed by atoms with E-state index in [-0.39, 0.29) is 5.57 Å². The number of anilines is 1. The number of hydrogen-bond donors (Lipinski definition) is 1. The molecule has 36 heavy (non-hydrogen) atoms. The largest absolute Gasteiger partial charge is 0.494 e. The summed E-state index contributed by atoms with van der Waals surface area (Å²) in [6.07, 6.45) is 3.66. The Kier molecular flexibility index (Phi) is 6.51. The standard InChI is InChI=1S/C31H25N3O2/c1-2-36-28-15-13-27(14-16-28)33-31(35)25(19-32)18-26-21-34(30-10-6-5-9-29(26)30)20-22-11-12-23-7-3-4-8-24(23)17-22/h3-18,21H,2,20H2,1H3,(H,33,35)/b25-18-. The van der Waals surface area contributed by atoms with Crippen LogP contribution in [0.25, 0.3) is 27.8 Å². The van der Waals surface area contributed by atoms with Gasteiger partial charge in [-0.15, -0.1) is 0 Å². The zero-order valence-corrected chi connectivity index (χ0v) is 19.9. The maximum absolute atomic E-state index is 12.9. The molecule has 0 unspecified atom stereocenters. The molecular formula is C31H25N3O2. The van der Waals surface area contributed by atoms with E-state index in [1.165, 1.54) is 16.3 Å². The summed E-state index contributed by atoms with van der Waals surface area (Å²) in [5.74, 6) is 0.277. The highest BCUT2D eigenvalue weighted by molar-refractivity contribution is 6.10. The number of fused-ring (bicyclic) bond motifs is 2. The number of amides is 1. The van der Waals surface area contributed by atoms with Gasteiger partial charge in [-0.2, -0.15) is 5.26 Å². The Morgan fingerprint density at radius 1 is 0.972 bits per heavy atom. The van der Waals surface area contributed by atoms with Crippen LogP contribution in [0.2, 0.25) is 0 Å². The van der Waals surface area contributed by atoms with Crippen LogP contribution >= 0.6 is 0 Å². The van der Waals surface area contributed by atoms with Gasteiger partial charge in [0.1, 0.15) is 17.4 Å². The van der Waals surface area contributed by atoms with Crippen molar-refractivity contribution in [1.29, 1.82) is 5.26 Å². The second kappa shape index (κ2) is 10.2. The van der Waals surface area contributed by atoms with Gasteiger partial charge in [0.05, 0.1) is 6.61 Å². The van der Waals surface area contributed by atoms with Crippen LogP contribution in [0.4, 0.5) is 5.69 Å². The number of carbonyl (C=O) groups is 1. The number of benzene rings is 4. The molecule has 1 aromatic heterocycles. The highest BCUT2D eigenvalue weighted by atomic mass is 16.5. The monoisotopic (exact) mass is 471 g/mol. The first-order valence-corrected chi connectivity index (χ1v) is 11.9. The number of nitriles is 1. The van der Waals surface area contributed by atoms with Crippen LogP contribution in [0.5, 0.6) is 5.75 Å². The molecule has 0 fully saturated rings. The quantitative estimate of drug-likeness (QED) is 0.210. The smallest absolute Gasteiger partial charge is 0.266 e. The van der Waals surface area contributed by atoms with Crippen molar-refractivity contribution in [2.45, 2.75) is 13.5 Å². The number of aromatic nitrogens is 1. The predicted octanol–water partition coefficient (Wildman–Crippen LogP) is 6.79. The minimum Gasteiger partial charge on any atom is -0.494 e. The lowest BCUT2D eigenvalue weighted by atomic mass is 10.1. The van der Waals surface area contributed by atoms with Gasteiger partial charge < -0.3 is 14.6 Å². The highest BCUT2D eigenvalue weighted by Crippen LogP contribution is 2.26. The summed E-state index contributed by atoms with van der Waals surface area (Å²) in [4.78, 5) is 12.9. The molecule has 1 N–H and O–H groups in total. The maximum Gasteiger partial charge on any atom is 0.266 e. The molecule has 5 aromatic rings. The molecule has 0 atom stereocenters. The molecule has 1 heterocycles. The molecule has 5 nitrogen and oxygen atoms in total. The van der Waals surface area contributed by atoms with Gasteiger partial charge >= 0.3 is 0 Å². The van der Waals surface area contributed by atoms with Crippen LogP contribution in [0.3, 0.4) is 0 Å². The SMILES string of the molecule is CCOc1ccc(NC(=O)/C(C#N)=C\c2cn(Cc3ccc4ccccc4c3)c3ccccc23)cc1. The van der Waals surface area contributed by atoms with E-state index in [2.05, 4.69) is 52.4 Å². The third-order valence-electron chi connectivity index (χ3n) is 6.07. The molecule has 176 valence electrons. The minimum atomic E-state index is -0.451. The van der Waals surface area contributed by atoms with E-state index in [0.717, 1.165) is 22.2 Å². The lowest BCUT2D eigenvalue weighted by molar-refractivity contribution is -0.112. The number of ether oxygens (including phenoxy) is 1. The molecule has 0 spiro atoms. The van der Waals surface area contributed by atoms with Crippen molar-refractivity contribution >= 4 is 39.3 Å². The lowest BCUT2D eigenvalue weighted by Gasteiger charge is -2.07. The van der Waals surface area contributed by atoms with Crippen molar-refractivity contribution in [2.75, 3.05) is 11.9 Å². The Bertz CT molecular complexity index is 1620. The van der Waals surface area contributed by atoms with E-state index in [0.29, 0.717) is 18.8 Å². The molecule has 0 radical (unpaired) electrons. The van der Waals surface area contributed by atoms with Gasteiger partial charge in [-0.3, -0.25) is 4.79 Å². The van der Waals surface area contributed by atoms with Gasteiger partial charge in [-0.05, 0) is 65.7 Å². The number of para-hydroxylation sites is 1. The second-order valence-corrected chi connectivity index (χ2v) is 8.49. The number of nitrogens with zero attached hydrogens (tertiary/aromatic N) is 2. The fraction of sp³-hybridized carbons (Fsp3) is 0.0968. The first-order chi connectivity index (χ1) is 17.6. The average molecular weight is 472 g/mol. The van der Waals surface area contributed by atoms with Crippen molar-refractivity contribution in [3.05, 3.63) is 114 Å². The summed E-state index contributed by atoms with van der Waals surface area (Å²) in [5.41, 5.74) is 3.69. The minimum absolute atomic E-state index is 0.0393. The average Bonchev–Trinajstić information content (AvgIpc) is 3.25. The maximum atomic E-state index is 12.9. The summed E-state index contributed by atoms with van der Waals surface area (Å²) in [7, 11) is 0. The first-order valence-electron chi connectivity index (χ1n) is 11.9. The number of rotatable bonds is 7. The highest BCUT2D eigenvalue weighted by Gasteiger charge is 2.13. The van der Waals surface area contributed by atoms with Crippen molar-refractivity contribution < 1.29 is 9.53 Å². The van der Waals surface area contributed by atoms with Crippen LogP contribution in [0.15, 0.2) is 103 Å². The topological polar surface area (TPSA) is 67.0 Å². The molecular weight excluding hydrogens is 446 g/mol. The predicted molar refractivity (Wildman–Crippen MR) is 145 cm³/mol.